The summed E-state index contributed by atoms with van der Waals surface area (Å²) >= 11 is 5.94. The molecule has 0 aliphatic heterocycles. The van der Waals surface area contributed by atoms with Gasteiger partial charge in [-0.05, 0) is 37.3 Å². The van der Waals surface area contributed by atoms with Gasteiger partial charge in [-0.2, -0.15) is 0 Å². The third-order valence-electron chi connectivity index (χ3n) is 4.32. The summed E-state index contributed by atoms with van der Waals surface area (Å²) in [4.78, 5) is 9.38. The van der Waals surface area contributed by atoms with Crippen LogP contribution < -0.4 is 0 Å². The van der Waals surface area contributed by atoms with E-state index in [1.165, 1.54) is 24.8 Å². The van der Waals surface area contributed by atoms with Crippen LogP contribution in [0.5, 0.6) is 0 Å². The Morgan fingerprint density at radius 2 is 2.26 bits per heavy atom. The van der Waals surface area contributed by atoms with Gasteiger partial charge in [0.05, 0.1) is 0 Å². The maximum atomic E-state index is 5.94. The second-order valence-corrected chi connectivity index (χ2v) is 5.99. The van der Waals surface area contributed by atoms with Gasteiger partial charge in [-0.25, -0.2) is 9.97 Å². The summed E-state index contributed by atoms with van der Waals surface area (Å²) in [5.74, 6) is 2.42. The highest BCUT2D eigenvalue weighted by Crippen LogP contribution is 2.38. The lowest BCUT2D eigenvalue weighted by Crippen LogP contribution is -2.15. The number of pyridine rings is 1. The normalized spacial score (nSPS) is 23.3. The number of fused-ring (bicyclic) bond motifs is 1. The summed E-state index contributed by atoms with van der Waals surface area (Å²) in [6.45, 7) is 4.44. The first-order chi connectivity index (χ1) is 9.22. The molecule has 0 saturated heterocycles. The fourth-order valence-electron chi connectivity index (χ4n) is 3.27. The van der Waals surface area contributed by atoms with Crippen LogP contribution in [0.3, 0.4) is 0 Å². The van der Waals surface area contributed by atoms with Crippen molar-refractivity contribution in [3.8, 4) is 0 Å². The average molecular weight is 278 g/mol. The summed E-state index contributed by atoms with van der Waals surface area (Å²) < 4.78 is 2.36. The summed E-state index contributed by atoms with van der Waals surface area (Å²) in [7, 11) is 0. The number of aryl methyl sites for hydroxylation is 2. The highest BCUT2D eigenvalue weighted by atomic mass is 35.5. The van der Waals surface area contributed by atoms with Crippen LogP contribution in [0.25, 0.3) is 11.2 Å². The van der Waals surface area contributed by atoms with E-state index in [0.717, 1.165) is 23.4 Å². The highest BCUT2D eigenvalue weighted by molar-refractivity contribution is 6.17. The minimum Gasteiger partial charge on any atom is -0.309 e. The van der Waals surface area contributed by atoms with Crippen molar-refractivity contribution in [3.05, 3.63) is 23.7 Å². The summed E-state index contributed by atoms with van der Waals surface area (Å²) in [5.41, 5.74) is 3.28. The molecule has 0 N–H and O–H groups in total. The summed E-state index contributed by atoms with van der Waals surface area (Å²) in [6, 6.07) is 2.57. The topological polar surface area (TPSA) is 30.7 Å². The van der Waals surface area contributed by atoms with E-state index in [2.05, 4.69) is 23.4 Å². The van der Waals surface area contributed by atoms with E-state index in [9.17, 15) is 0 Å². The Morgan fingerprint density at radius 1 is 1.42 bits per heavy atom. The number of rotatable bonds is 3. The molecule has 0 radical (unpaired) electrons. The summed E-state index contributed by atoms with van der Waals surface area (Å²) in [5, 5.41) is 0. The molecule has 0 spiro atoms. The van der Waals surface area contributed by atoms with Crippen molar-refractivity contribution in [2.45, 2.75) is 45.6 Å². The molecule has 2 aromatic heterocycles. The average Bonchev–Trinajstić information content (AvgIpc) is 2.94. The number of halogens is 1. The van der Waals surface area contributed by atoms with Crippen molar-refractivity contribution < 1.29 is 0 Å². The zero-order valence-corrected chi connectivity index (χ0v) is 12.3. The lowest BCUT2D eigenvalue weighted by atomic mass is 10.1. The Balaban J connectivity index is 2.19. The number of hydrogen-bond acceptors (Lipinski definition) is 2. The van der Waals surface area contributed by atoms with Crippen molar-refractivity contribution in [3.63, 3.8) is 0 Å². The maximum absolute atomic E-state index is 5.94. The molecule has 0 bridgehead atoms. The van der Waals surface area contributed by atoms with Gasteiger partial charge in [0.15, 0.2) is 5.65 Å². The molecule has 3 rings (SSSR count). The van der Waals surface area contributed by atoms with Crippen molar-refractivity contribution in [2.75, 3.05) is 5.88 Å². The smallest absolute Gasteiger partial charge is 0.160 e. The Hall–Kier alpha value is -1.09. The van der Waals surface area contributed by atoms with Gasteiger partial charge >= 0.3 is 0 Å². The molecule has 1 aliphatic rings. The van der Waals surface area contributed by atoms with E-state index in [1.807, 2.05) is 12.3 Å². The van der Waals surface area contributed by atoms with E-state index < -0.39 is 0 Å². The van der Waals surface area contributed by atoms with Crippen LogP contribution in [0.1, 0.15) is 43.6 Å². The second-order valence-electron chi connectivity index (χ2n) is 5.61. The molecular formula is C15H20ClN3. The number of aromatic nitrogens is 3. The van der Waals surface area contributed by atoms with Gasteiger partial charge in [0.25, 0.3) is 0 Å². The van der Waals surface area contributed by atoms with E-state index in [4.69, 9.17) is 16.6 Å². The fourth-order valence-corrected chi connectivity index (χ4v) is 3.44. The molecule has 1 fully saturated rings. The second kappa shape index (κ2) is 5.12. The fraction of sp³-hybridized carbons (Fsp3) is 0.600. The summed E-state index contributed by atoms with van der Waals surface area (Å²) in [6.07, 6.45) is 6.55. The van der Waals surface area contributed by atoms with Crippen molar-refractivity contribution in [1.82, 2.24) is 14.5 Å². The number of imidazole rings is 1. The van der Waals surface area contributed by atoms with E-state index in [1.54, 1.807) is 0 Å². The van der Waals surface area contributed by atoms with Crippen molar-refractivity contribution in [2.24, 2.45) is 5.92 Å². The molecule has 2 atom stereocenters. The molecule has 4 heteroatoms. The Labute approximate surface area is 119 Å². The van der Waals surface area contributed by atoms with Gasteiger partial charge in [-0.15, -0.1) is 11.6 Å². The molecule has 2 unspecified atom stereocenters. The van der Waals surface area contributed by atoms with Gasteiger partial charge in [-0.3, -0.25) is 0 Å². The molecule has 3 nitrogen and oxygen atoms in total. The van der Waals surface area contributed by atoms with Crippen LogP contribution in [0, 0.1) is 12.8 Å². The predicted octanol–water partition coefficient (Wildman–Crippen LogP) is 3.88. The van der Waals surface area contributed by atoms with Crippen LogP contribution >= 0.6 is 11.6 Å². The number of alkyl halides is 1. The van der Waals surface area contributed by atoms with Gasteiger partial charge < -0.3 is 4.57 Å². The minimum absolute atomic E-state index is 0.539. The van der Waals surface area contributed by atoms with Crippen LogP contribution in [0.15, 0.2) is 12.3 Å². The van der Waals surface area contributed by atoms with Gasteiger partial charge in [-0.1, -0.05) is 13.3 Å². The zero-order valence-electron chi connectivity index (χ0n) is 11.6. The van der Waals surface area contributed by atoms with Crippen LogP contribution in [0.2, 0.25) is 0 Å². The lowest BCUT2D eigenvalue weighted by molar-refractivity contribution is 0.404. The first-order valence-electron chi connectivity index (χ1n) is 7.10. The van der Waals surface area contributed by atoms with Crippen LogP contribution in [-0.2, 0) is 6.42 Å². The molecule has 0 aromatic carbocycles. The van der Waals surface area contributed by atoms with Gasteiger partial charge in [0.2, 0.25) is 0 Å². The monoisotopic (exact) mass is 277 g/mol. The molecule has 102 valence electrons. The lowest BCUT2D eigenvalue weighted by Gasteiger charge is -2.20. The Morgan fingerprint density at radius 3 is 2.95 bits per heavy atom. The SMILES string of the molecule is Cc1ccnc2c1nc(CCCl)n2C1CCCC1C. The quantitative estimate of drug-likeness (QED) is 0.797. The molecule has 2 aromatic rings. The van der Waals surface area contributed by atoms with Crippen molar-refractivity contribution >= 4 is 22.8 Å². The van der Waals surface area contributed by atoms with Crippen LogP contribution in [0.4, 0.5) is 0 Å². The first-order valence-corrected chi connectivity index (χ1v) is 7.64. The highest BCUT2D eigenvalue weighted by Gasteiger charge is 2.29. The molecule has 1 aliphatic carbocycles. The molecular weight excluding hydrogens is 258 g/mol. The van der Waals surface area contributed by atoms with E-state index >= 15 is 0 Å². The zero-order chi connectivity index (χ0) is 13.4. The molecule has 19 heavy (non-hydrogen) atoms. The standard InChI is InChI=1S/C15H20ClN3/c1-10-4-3-5-12(10)19-13(6-8-16)18-14-11(2)7-9-17-15(14)19/h7,9-10,12H,3-6,8H2,1-2H3. The minimum atomic E-state index is 0.539. The van der Waals surface area contributed by atoms with E-state index in [-0.39, 0.29) is 0 Å². The van der Waals surface area contributed by atoms with Gasteiger partial charge in [0, 0.05) is 24.5 Å². The molecule has 2 heterocycles. The van der Waals surface area contributed by atoms with Gasteiger partial charge in [0.1, 0.15) is 11.3 Å². The van der Waals surface area contributed by atoms with E-state index in [0.29, 0.717) is 17.8 Å². The maximum Gasteiger partial charge on any atom is 0.160 e. The molecule has 1 saturated carbocycles. The third kappa shape index (κ3) is 2.14. The molecule has 0 amide bonds. The van der Waals surface area contributed by atoms with Crippen LogP contribution in [-0.4, -0.2) is 20.4 Å². The number of hydrogen-bond donors (Lipinski definition) is 0. The van der Waals surface area contributed by atoms with Crippen molar-refractivity contribution in [1.29, 1.82) is 0 Å². The largest absolute Gasteiger partial charge is 0.309 e. The Kier molecular flexibility index (Phi) is 3.48. The number of nitrogens with zero attached hydrogens (tertiary/aromatic N) is 3. The predicted molar refractivity (Wildman–Crippen MR) is 78.7 cm³/mol. The third-order valence-corrected chi connectivity index (χ3v) is 4.51. The Bertz CT molecular complexity index is 590. The first kappa shape index (κ1) is 12.9.